The van der Waals surface area contributed by atoms with E-state index in [0.717, 1.165) is 24.5 Å². The fraction of sp³-hybridized carbons (Fsp3) is 0.364. The first-order chi connectivity index (χ1) is 8.25. The topological polar surface area (TPSA) is 72.5 Å². The zero-order valence-corrected chi connectivity index (χ0v) is 11.0. The third-order valence-electron chi connectivity index (χ3n) is 2.35. The Kier molecular flexibility index (Phi) is 4.42. The molecule has 0 fully saturated rings. The molecule has 1 atom stereocenters. The lowest BCUT2D eigenvalue weighted by Gasteiger charge is -2.11. The van der Waals surface area contributed by atoms with Crippen LogP contribution in [0.15, 0.2) is 23.1 Å². The van der Waals surface area contributed by atoms with Gasteiger partial charge in [0.2, 0.25) is 0 Å². The van der Waals surface area contributed by atoms with Crippen molar-refractivity contribution >= 4 is 21.4 Å². The molecule has 100 valence electrons. The molecular weight excluding hydrogens is 261 g/mol. The van der Waals surface area contributed by atoms with Crippen molar-refractivity contribution in [3.05, 3.63) is 24.0 Å². The van der Waals surface area contributed by atoms with Crippen molar-refractivity contribution in [1.29, 1.82) is 0 Å². The maximum absolute atomic E-state index is 13.4. The van der Waals surface area contributed by atoms with Gasteiger partial charge in [-0.05, 0) is 25.1 Å². The molecule has 0 bridgehead atoms. The van der Waals surface area contributed by atoms with Gasteiger partial charge in [-0.15, -0.1) is 0 Å². The zero-order valence-electron chi connectivity index (χ0n) is 10.2. The smallest absolute Gasteiger partial charge is 0.253 e. The van der Waals surface area contributed by atoms with Crippen LogP contribution in [-0.4, -0.2) is 33.8 Å². The standard InChI is InChI=1S/C11H14FNO4S/c1-7(17-2)11(14)13-10-6-8(18(3,15)16)4-5-9(10)12/h4-7H,1-3H3,(H,13,14). The van der Waals surface area contributed by atoms with Gasteiger partial charge in [-0.2, -0.15) is 0 Å². The number of amides is 1. The Morgan fingerprint density at radius 3 is 2.56 bits per heavy atom. The highest BCUT2D eigenvalue weighted by Gasteiger charge is 2.16. The molecule has 1 aromatic carbocycles. The number of nitrogens with one attached hydrogen (secondary N) is 1. The van der Waals surface area contributed by atoms with Gasteiger partial charge in [0.1, 0.15) is 11.9 Å². The summed E-state index contributed by atoms with van der Waals surface area (Å²) in [7, 11) is -2.11. The van der Waals surface area contributed by atoms with Crippen LogP contribution < -0.4 is 5.32 Å². The first-order valence-corrected chi connectivity index (χ1v) is 6.98. The molecule has 1 N–H and O–H groups in total. The number of ether oxygens (including phenoxy) is 1. The normalized spacial score (nSPS) is 13.1. The highest BCUT2D eigenvalue weighted by Crippen LogP contribution is 2.19. The highest BCUT2D eigenvalue weighted by atomic mass is 32.2. The Morgan fingerprint density at radius 2 is 2.06 bits per heavy atom. The third kappa shape index (κ3) is 3.51. The molecule has 0 spiro atoms. The van der Waals surface area contributed by atoms with E-state index in [1.54, 1.807) is 0 Å². The van der Waals surface area contributed by atoms with Crippen LogP contribution in [0.1, 0.15) is 6.92 Å². The van der Waals surface area contributed by atoms with Gasteiger partial charge in [-0.3, -0.25) is 4.79 Å². The van der Waals surface area contributed by atoms with Gasteiger partial charge in [-0.1, -0.05) is 0 Å². The minimum Gasteiger partial charge on any atom is -0.372 e. The number of carbonyl (C=O) groups excluding carboxylic acids is 1. The Labute approximate surface area is 105 Å². The molecule has 1 rings (SSSR count). The number of hydrogen-bond donors (Lipinski definition) is 1. The van der Waals surface area contributed by atoms with Crippen molar-refractivity contribution in [1.82, 2.24) is 0 Å². The van der Waals surface area contributed by atoms with E-state index in [0.29, 0.717) is 0 Å². The van der Waals surface area contributed by atoms with E-state index < -0.39 is 27.7 Å². The predicted molar refractivity (Wildman–Crippen MR) is 64.6 cm³/mol. The van der Waals surface area contributed by atoms with Crippen molar-refractivity contribution in [3.63, 3.8) is 0 Å². The fourth-order valence-electron chi connectivity index (χ4n) is 1.17. The van der Waals surface area contributed by atoms with Crippen LogP contribution in [-0.2, 0) is 19.4 Å². The van der Waals surface area contributed by atoms with Crippen molar-refractivity contribution < 1.29 is 22.3 Å². The molecule has 0 heterocycles. The summed E-state index contributed by atoms with van der Waals surface area (Å²) in [6, 6.07) is 3.20. The molecule has 0 radical (unpaired) electrons. The second-order valence-corrected chi connectivity index (χ2v) is 5.80. The molecule has 7 heteroatoms. The van der Waals surface area contributed by atoms with Crippen LogP contribution in [0.3, 0.4) is 0 Å². The number of anilines is 1. The van der Waals surface area contributed by atoms with Crippen molar-refractivity contribution in [2.45, 2.75) is 17.9 Å². The van der Waals surface area contributed by atoms with Gasteiger partial charge in [0, 0.05) is 13.4 Å². The Morgan fingerprint density at radius 1 is 1.44 bits per heavy atom. The van der Waals surface area contributed by atoms with Crippen LogP contribution in [0.4, 0.5) is 10.1 Å². The Balaban J connectivity index is 3.06. The molecule has 1 aromatic rings. The minimum absolute atomic E-state index is 0.0655. The van der Waals surface area contributed by atoms with Gasteiger partial charge < -0.3 is 10.1 Å². The number of methoxy groups -OCH3 is 1. The van der Waals surface area contributed by atoms with E-state index in [-0.39, 0.29) is 10.6 Å². The lowest BCUT2D eigenvalue weighted by Crippen LogP contribution is -2.27. The maximum Gasteiger partial charge on any atom is 0.253 e. The fourth-order valence-corrected chi connectivity index (χ4v) is 1.82. The molecule has 0 saturated carbocycles. The first kappa shape index (κ1) is 14.6. The zero-order chi connectivity index (χ0) is 13.9. The molecule has 0 aliphatic rings. The third-order valence-corrected chi connectivity index (χ3v) is 3.46. The van der Waals surface area contributed by atoms with Crippen molar-refractivity contribution in [2.24, 2.45) is 0 Å². The number of benzene rings is 1. The van der Waals surface area contributed by atoms with Gasteiger partial charge in [0.15, 0.2) is 9.84 Å². The molecule has 0 aliphatic heterocycles. The lowest BCUT2D eigenvalue weighted by atomic mass is 10.3. The number of carbonyl (C=O) groups is 1. The van der Waals surface area contributed by atoms with E-state index in [9.17, 15) is 17.6 Å². The van der Waals surface area contributed by atoms with Gasteiger partial charge in [-0.25, -0.2) is 12.8 Å². The molecule has 18 heavy (non-hydrogen) atoms. The van der Waals surface area contributed by atoms with Gasteiger partial charge in [0.25, 0.3) is 5.91 Å². The largest absolute Gasteiger partial charge is 0.372 e. The van der Waals surface area contributed by atoms with Crippen LogP contribution in [0, 0.1) is 5.82 Å². The summed E-state index contributed by atoms with van der Waals surface area (Å²) in [4.78, 5) is 11.4. The van der Waals surface area contributed by atoms with Crippen LogP contribution in [0.2, 0.25) is 0 Å². The molecule has 5 nitrogen and oxygen atoms in total. The molecule has 0 saturated heterocycles. The second-order valence-electron chi connectivity index (χ2n) is 3.78. The van der Waals surface area contributed by atoms with Crippen LogP contribution >= 0.6 is 0 Å². The first-order valence-electron chi connectivity index (χ1n) is 5.09. The molecule has 0 aromatic heterocycles. The number of sulfone groups is 1. The quantitative estimate of drug-likeness (QED) is 0.838. The van der Waals surface area contributed by atoms with E-state index in [2.05, 4.69) is 5.32 Å². The summed E-state index contributed by atoms with van der Waals surface area (Å²) in [6.07, 6.45) is 0.246. The Bertz CT molecular complexity index is 556. The van der Waals surface area contributed by atoms with E-state index in [1.807, 2.05) is 0 Å². The summed E-state index contributed by atoms with van der Waals surface area (Å²) in [5, 5.41) is 2.27. The summed E-state index contributed by atoms with van der Waals surface area (Å²) < 4.78 is 40.8. The van der Waals surface area contributed by atoms with Crippen molar-refractivity contribution in [2.75, 3.05) is 18.7 Å². The van der Waals surface area contributed by atoms with Gasteiger partial charge >= 0.3 is 0 Å². The summed E-state index contributed by atoms with van der Waals surface area (Å²) in [5.74, 6) is -1.26. The summed E-state index contributed by atoms with van der Waals surface area (Å²) in [6.45, 7) is 1.49. The van der Waals surface area contributed by atoms with Crippen LogP contribution in [0.25, 0.3) is 0 Å². The average Bonchev–Trinajstić information content (AvgIpc) is 2.29. The molecule has 1 unspecified atom stereocenters. The average molecular weight is 275 g/mol. The van der Waals surface area contributed by atoms with E-state index in [1.165, 1.54) is 14.0 Å². The van der Waals surface area contributed by atoms with E-state index >= 15 is 0 Å². The second kappa shape index (κ2) is 5.45. The predicted octanol–water partition coefficient (Wildman–Crippen LogP) is 1.20. The highest BCUT2D eigenvalue weighted by molar-refractivity contribution is 7.90. The molecule has 1 amide bonds. The van der Waals surface area contributed by atoms with Crippen molar-refractivity contribution in [3.8, 4) is 0 Å². The van der Waals surface area contributed by atoms with Crippen LogP contribution in [0.5, 0.6) is 0 Å². The number of halogens is 1. The Hall–Kier alpha value is -1.47. The van der Waals surface area contributed by atoms with E-state index in [4.69, 9.17) is 4.74 Å². The maximum atomic E-state index is 13.4. The lowest BCUT2D eigenvalue weighted by molar-refractivity contribution is -0.124. The summed E-state index contributed by atoms with van der Waals surface area (Å²) in [5.41, 5.74) is -0.188. The minimum atomic E-state index is -3.45. The SMILES string of the molecule is COC(C)C(=O)Nc1cc(S(C)(=O)=O)ccc1F. The number of rotatable bonds is 4. The molecule has 0 aliphatic carbocycles. The molecular formula is C11H14FNO4S. The summed E-state index contributed by atoms with van der Waals surface area (Å²) >= 11 is 0. The van der Waals surface area contributed by atoms with Gasteiger partial charge in [0.05, 0.1) is 10.6 Å². The monoisotopic (exact) mass is 275 g/mol. The number of hydrogen-bond acceptors (Lipinski definition) is 4.